The molecule has 3 aromatic rings. The fourth-order valence-corrected chi connectivity index (χ4v) is 4.24. The van der Waals surface area contributed by atoms with Gasteiger partial charge in [-0.05, 0) is 37.6 Å². The van der Waals surface area contributed by atoms with E-state index in [2.05, 4.69) is 15.7 Å². The molecule has 5 rings (SSSR count). The van der Waals surface area contributed by atoms with Crippen LogP contribution in [-0.4, -0.2) is 42.2 Å². The van der Waals surface area contributed by atoms with Crippen LogP contribution in [0.4, 0.5) is 10.5 Å². The van der Waals surface area contributed by atoms with Crippen molar-refractivity contribution in [3.63, 3.8) is 0 Å². The zero-order chi connectivity index (χ0) is 23.5. The monoisotopic (exact) mass is 486 g/mol. The minimum Gasteiger partial charge on any atom is -0.485 e. The first-order chi connectivity index (χ1) is 16.6. The van der Waals surface area contributed by atoms with E-state index in [1.807, 2.05) is 30.3 Å². The molecule has 1 amide bonds. The van der Waals surface area contributed by atoms with Crippen LogP contribution in [0.3, 0.4) is 0 Å². The van der Waals surface area contributed by atoms with Crippen molar-refractivity contribution in [2.45, 2.75) is 25.5 Å². The normalized spacial score (nSPS) is 15.7. The van der Waals surface area contributed by atoms with Crippen molar-refractivity contribution in [1.29, 1.82) is 0 Å². The average molecular weight is 487 g/mol. The Morgan fingerprint density at radius 3 is 2.68 bits per heavy atom. The number of piperidine rings is 1. The molecular formula is C23H23ClN4O6. The second kappa shape index (κ2) is 9.78. The summed E-state index contributed by atoms with van der Waals surface area (Å²) in [5.41, 5.74) is 1.42. The van der Waals surface area contributed by atoms with Crippen molar-refractivity contribution < 1.29 is 23.4 Å². The van der Waals surface area contributed by atoms with Gasteiger partial charge in [0.2, 0.25) is 0 Å². The Balaban J connectivity index is 1.42. The molecule has 0 saturated carbocycles. The average Bonchev–Trinajstić information content (AvgIpc) is 3.26. The highest BCUT2D eigenvalue weighted by Crippen LogP contribution is 2.48. The fraction of sp³-hybridized carbons (Fsp3) is 0.348. The molecule has 2 aromatic carbocycles. The van der Waals surface area contributed by atoms with E-state index < -0.39 is 11.8 Å². The molecule has 0 spiro atoms. The van der Waals surface area contributed by atoms with Gasteiger partial charge in [0.05, 0.1) is 16.6 Å². The number of aromatic nitrogens is 2. The molecule has 178 valence electrons. The Labute approximate surface area is 199 Å². The molecular weight excluding hydrogens is 464 g/mol. The van der Waals surface area contributed by atoms with Crippen molar-refractivity contribution in [2.24, 2.45) is 0 Å². The van der Waals surface area contributed by atoms with Crippen LogP contribution in [0.15, 0.2) is 45.6 Å². The van der Waals surface area contributed by atoms with Crippen LogP contribution in [-0.2, 0) is 11.3 Å². The third kappa shape index (κ3) is 4.59. The summed E-state index contributed by atoms with van der Waals surface area (Å²) >= 11 is 6.50. The predicted octanol–water partition coefficient (Wildman–Crippen LogP) is 3.60. The highest BCUT2D eigenvalue weighted by atomic mass is 35.5. The minimum absolute atomic E-state index is 0.0463. The number of halogens is 1. The van der Waals surface area contributed by atoms with E-state index in [0.29, 0.717) is 5.56 Å². The number of carbonyl (C=O) groups is 1. The van der Waals surface area contributed by atoms with Gasteiger partial charge in [0, 0.05) is 0 Å². The number of anilines is 1. The molecule has 0 aliphatic carbocycles. The standard InChI is InChI=1S/C23H23ClN4O6/c24-17-12-16(21-27-28(23(30)34-21)15-6-8-25-9-7-15)19-20(32-11-10-31-19)18(17)26-22(29)33-13-14-4-2-1-3-5-14/h1-5,12,15,25H,6-11,13H2,(H,26,29). The topological polar surface area (TPSA) is 117 Å². The van der Waals surface area contributed by atoms with E-state index in [-0.39, 0.29) is 54.0 Å². The van der Waals surface area contributed by atoms with E-state index in [9.17, 15) is 9.59 Å². The summed E-state index contributed by atoms with van der Waals surface area (Å²) < 4.78 is 23.7. The van der Waals surface area contributed by atoms with Gasteiger partial charge in [-0.3, -0.25) is 5.32 Å². The zero-order valence-electron chi connectivity index (χ0n) is 18.2. The molecule has 1 aromatic heterocycles. The third-order valence-electron chi connectivity index (χ3n) is 5.66. The quantitative estimate of drug-likeness (QED) is 0.561. The molecule has 3 heterocycles. The third-order valence-corrected chi connectivity index (χ3v) is 5.96. The van der Waals surface area contributed by atoms with Crippen molar-refractivity contribution in [1.82, 2.24) is 15.1 Å². The summed E-state index contributed by atoms with van der Waals surface area (Å²) in [4.78, 5) is 24.9. The van der Waals surface area contributed by atoms with Gasteiger partial charge in [0.15, 0.2) is 11.5 Å². The van der Waals surface area contributed by atoms with Crippen molar-refractivity contribution >= 4 is 23.4 Å². The van der Waals surface area contributed by atoms with Crippen molar-refractivity contribution in [2.75, 3.05) is 31.6 Å². The predicted molar refractivity (Wildman–Crippen MR) is 124 cm³/mol. The number of rotatable bonds is 5. The van der Waals surface area contributed by atoms with Crippen LogP contribution in [0.1, 0.15) is 24.4 Å². The highest BCUT2D eigenvalue weighted by Gasteiger charge is 2.29. The number of nitrogens with zero attached hydrogens (tertiary/aromatic N) is 2. The molecule has 0 unspecified atom stereocenters. The van der Waals surface area contributed by atoms with Gasteiger partial charge in [-0.2, -0.15) is 4.68 Å². The van der Waals surface area contributed by atoms with Crippen LogP contribution in [0, 0.1) is 0 Å². The number of amides is 1. The number of fused-ring (bicyclic) bond motifs is 1. The smallest absolute Gasteiger partial charge is 0.437 e. The lowest BCUT2D eigenvalue weighted by molar-refractivity contribution is 0.154. The summed E-state index contributed by atoms with van der Waals surface area (Å²) in [6.07, 6.45) is 0.855. The summed E-state index contributed by atoms with van der Waals surface area (Å²) in [5, 5.41) is 10.5. The highest BCUT2D eigenvalue weighted by molar-refractivity contribution is 6.34. The molecule has 11 heteroatoms. The molecule has 1 saturated heterocycles. The largest absolute Gasteiger partial charge is 0.485 e. The first-order valence-corrected chi connectivity index (χ1v) is 11.4. The number of carbonyl (C=O) groups excluding carboxylic acids is 1. The Morgan fingerprint density at radius 1 is 1.18 bits per heavy atom. The van der Waals surface area contributed by atoms with Crippen LogP contribution >= 0.6 is 11.6 Å². The summed E-state index contributed by atoms with van der Waals surface area (Å²) in [6, 6.07) is 10.8. The number of hydrogen-bond donors (Lipinski definition) is 2. The Kier molecular flexibility index (Phi) is 6.41. The minimum atomic E-state index is -0.698. The van der Waals surface area contributed by atoms with E-state index in [4.69, 9.17) is 30.2 Å². The molecule has 2 aliphatic rings. The molecule has 0 radical (unpaired) electrons. The van der Waals surface area contributed by atoms with Crippen LogP contribution in [0.25, 0.3) is 11.5 Å². The molecule has 2 N–H and O–H groups in total. The summed E-state index contributed by atoms with van der Waals surface area (Å²) in [5.74, 6) is 0.0396. The number of nitrogens with one attached hydrogen (secondary N) is 2. The molecule has 34 heavy (non-hydrogen) atoms. The number of benzene rings is 2. The first kappa shape index (κ1) is 22.3. The van der Waals surface area contributed by atoms with E-state index in [1.54, 1.807) is 0 Å². The van der Waals surface area contributed by atoms with Gasteiger partial charge >= 0.3 is 11.8 Å². The van der Waals surface area contributed by atoms with Crippen LogP contribution < -0.4 is 25.9 Å². The Morgan fingerprint density at radius 2 is 1.91 bits per heavy atom. The van der Waals surface area contributed by atoms with Gasteiger partial charge in [0.1, 0.15) is 25.5 Å². The summed E-state index contributed by atoms with van der Waals surface area (Å²) in [7, 11) is 0. The van der Waals surface area contributed by atoms with E-state index in [1.165, 1.54) is 10.7 Å². The zero-order valence-corrected chi connectivity index (χ0v) is 19.0. The van der Waals surface area contributed by atoms with Gasteiger partial charge in [-0.1, -0.05) is 41.9 Å². The van der Waals surface area contributed by atoms with Crippen molar-refractivity contribution in [3.05, 3.63) is 57.5 Å². The maximum Gasteiger partial charge on any atom is 0.437 e. The maximum absolute atomic E-state index is 12.5. The number of ether oxygens (including phenoxy) is 3. The van der Waals surface area contributed by atoms with Gasteiger partial charge in [0.25, 0.3) is 5.89 Å². The van der Waals surface area contributed by atoms with Gasteiger partial charge < -0.3 is 23.9 Å². The number of hydrogen-bond acceptors (Lipinski definition) is 8. The Bertz CT molecular complexity index is 1240. The van der Waals surface area contributed by atoms with E-state index >= 15 is 0 Å². The molecule has 1 fully saturated rings. The van der Waals surface area contributed by atoms with Crippen LogP contribution in [0.5, 0.6) is 11.5 Å². The fourth-order valence-electron chi connectivity index (χ4n) is 3.99. The second-order valence-electron chi connectivity index (χ2n) is 7.92. The first-order valence-electron chi connectivity index (χ1n) is 11.0. The maximum atomic E-state index is 12.5. The Hall–Kier alpha value is -3.50. The SMILES string of the molecule is O=C(Nc1c(Cl)cc(-c2nn(C3CCNCC3)c(=O)o2)c2c1OCCO2)OCc1ccccc1. The second-order valence-corrected chi connectivity index (χ2v) is 8.33. The van der Waals surface area contributed by atoms with Crippen LogP contribution in [0.2, 0.25) is 5.02 Å². The van der Waals surface area contributed by atoms with Crippen molar-refractivity contribution in [3.8, 4) is 23.0 Å². The molecule has 0 bridgehead atoms. The molecule has 2 aliphatic heterocycles. The lowest BCUT2D eigenvalue weighted by atomic mass is 10.1. The lowest BCUT2D eigenvalue weighted by Crippen LogP contribution is -2.33. The molecule has 0 atom stereocenters. The van der Waals surface area contributed by atoms with E-state index in [0.717, 1.165) is 31.5 Å². The van der Waals surface area contributed by atoms with Gasteiger partial charge in [-0.25, -0.2) is 9.59 Å². The lowest BCUT2D eigenvalue weighted by Gasteiger charge is -2.24. The van der Waals surface area contributed by atoms with Gasteiger partial charge in [-0.15, -0.1) is 5.10 Å². The summed E-state index contributed by atoms with van der Waals surface area (Å²) in [6.45, 7) is 2.24. The molecule has 10 nitrogen and oxygen atoms in total.